The summed E-state index contributed by atoms with van der Waals surface area (Å²) in [4.78, 5) is 0. The van der Waals surface area contributed by atoms with Gasteiger partial charge in [-0.2, -0.15) is 0 Å². The number of anilines is 1. The standard InChI is InChI=1S/C14H23NO3/c1-12(13-4-6-14(15)7-5-13)18-11-10-17-9-3-8-16-2/h4-7,12H,3,8-11,15H2,1-2H3. The highest BCUT2D eigenvalue weighted by Crippen LogP contribution is 2.17. The van der Waals surface area contributed by atoms with Crippen LogP contribution in [0.3, 0.4) is 0 Å². The number of rotatable bonds is 9. The molecule has 1 aromatic rings. The maximum atomic E-state index is 5.68. The molecular weight excluding hydrogens is 230 g/mol. The van der Waals surface area contributed by atoms with E-state index in [2.05, 4.69) is 0 Å². The first-order chi connectivity index (χ1) is 8.74. The summed E-state index contributed by atoms with van der Waals surface area (Å²) in [5, 5.41) is 0. The van der Waals surface area contributed by atoms with Crippen LogP contribution in [-0.2, 0) is 14.2 Å². The summed E-state index contributed by atoms with van der Waals surface area (Å²) >= 11 is 0. The first-order valence-corrected chi connectivity index (χ1v) is 6.27. The van der Waals surface area contributed by atoms with Gasteiger partial charge in [0.25, 0.3) is 0 Å². The van der Waals surface area contributed by atoms with Crippen LogP contribution in [0.5, 0.6) is 0 Å². The van der Waals surface area contributed by atoms with E-state index in [0.29, 0.717) is 19.8 Å². The Bertz CT molecular complexity index is 313. The quantitative estimate of drug-likeness (QED) is 0.542. The highest BCUT2D eigenvalue weighted by atomic mass is 16.5. The van der Waals surface area contributed by atoms with Crippen molar-refractivity contribution in [3.63, 3.8) is 0 Å². The number of hydrogen-bond donors (Lipinski definition) is 1. The zero-order valence-electron chi connectivity index (χ0n) is 11.2. The van der Waals surface area contributed by atoms with Crippen molar-refractivity contribution in [1.29, 1.82) is 0 Å². The van der Waals surface area contributed by atoms with Crippen molar-refractivity contribution in [3.05, 3.63) is 29.8 Å². The van der Waals surface area contributed by atoms with E-state index in [0.717, 1.165) is 24.3 Å². The first-order valence-electron chi connectivity index (χ1n) is 6.27. The molecule has 0 amide bonds. The van der Waals surface area contributed by atoms with Crippen molar-refractivity contribution >= 4 is 5.69 Å². The minimum Gasteiger partial charge on any atom is -0.399 e. The van der Waals surface area contributed by atoms with Crippen LogP contribution in [-0.4, -0.2) is 33.5 Å². The van der Waals surface area contributed by atoms with Crippen LogP contribution in [0.4, 0.5) is 5.69 Å². The molecular formula is C14H23NO3. The number of ether oxygens (including phenoxy) is 3. The zero-order valence-corrected chi connectivity index (χ0v) is 11.2. The SMILES string of the molecule is COCCCOCCOC(C)c1ccc(N)cc1. The van der Waals surface area contributed by atoms with E-state index < -0.39 is 0 Å². The number of nitrogen functional groups attached to an aromatic ring is 1. The Hall–Kier alpha value is -1.10. The molecule has 0 bridgehead atoms. The van der Waals surface area contributed by atoms with E-state index in [1.165, 1.54) is 0 Å². The number of nitrogens with two attached hydrogens (primary N) is 1. The molecule has 4 heteroatoms. The minimum atomic E-state index is 0.0631. The normalized spacial score (nSPS) is 12.6. The Morgan fingerprint density at radius 2 is 1.78 bits per heavy atom. The fourth-order valence-corrected chi connectivity index (χ4v) is 1.55. The third-order valence-electron chi connectivity index (χ3n) is 2.64. The van der Waals surface area contributed by atoms with Gasteiger partial charge in [-0.05, 0) is 31.0 Å². The molecule has 18 heavy (non-hydrogen) atoms. The van der Waals surface area contributed by atoms with E-state index in [1.54, 1.807) is 7.11 Å². The van der Waals surface area contributed by atoms with Gasteiger partial charge in [0.05, 0.1) is 19.3 Å². The second-order valence-electron chi connectivity index (χ2n) is 4.14. The summed E-state index contributed by atoms with van der Waals surface area (Å²) in [6.07, 6.45) is 0.984. The average Bonchev–Trinajstić information content (AvgIpc) is 2.38. The summed E-state index contributed by atoms with van der Waals surface area (Å²) in [5.41, 5.74) is 7.53. The van der Waals surface area contributed by atoms with Gasteiger partial charge in [-0.25, -0.2) is 0 Å². The summed E-state index contributed by atoms with van der Waals surface area (Å²) in [6, 6.07) is 7.74. The lowest BCUT2D eigenvalue weighted by atomic mass is 10.1. The maximum Gasteiger partial charge on any atom is 0.0798 e. The molecule has 0 aliphatic heterocycles. The van der Waals surface area contributed by atoms with Gasteiger partial charge in [-0.15, -0.1) is 0 Å². The van der Waals surface area contributed by atoms with Gasteiger partial charge in [-0.3, -0.25) is 0 Å². The molecule has 1 atom stereocenters. The first kappa shape index (κ1) is 15.0. The lowest BCUT2D eigenvalue weighted by Crippen LogP contribution is -2.09. The largest absolute Gasteiger partial charge is 0.399 e. The highest BCUT2D eigenvalue weighted by molar-refractivity contribution is 5.39. The van der Waals surface area contributed by atoms with E-state index in [4.69, 9.17) is 19.9 Å². The number of methoxy groups -OCH3 is 1. The molecule has 0 fully saturated rings. The van der Waals surface area contributed by atoms with Crippen LogP contribution in [0.25, 0.3) is 0 Å². The molecule has 0 aliphatic rings. The fraction of sp³-hybridized carbons (Fsp3) is 0.571. The van der Waals surface area contributed by atoms with E-state index >= 15 is 0 Å². The van der Waals surface area contributed by atoms with Crippen molar-refractivity contribution in [2.75, 3.05) is 39.3 Å². The van der Waals surface area contributed by atoms with Crippen molar-refractivity contribution in [2.24, 2.45) is 0 Å². The van der Waals surface area contributed by atoms with Crippen LogP contribution in [0.1, 0.15) is 25.0 Å². The van der Waals surface area contributed by atoms with Gasteiger partial charge in [-0.1, -0.05) is 12.1 Å². The van der Waals surface area contributed by atoms with Gasteiger partial charge in [0.2, 0.25) is 0 Å². The topological polar surface area (TPSA) is 53.7 Å². The molecule has 1 aromatic carbocycles. The Labute approximate surface area is 109 Å². The van der Waals surface area contributed by atoms with Crippen LogP contribution >= 0.6 is 0 Å². The van der Waals surface area contributed by atoms with Gasteiger partial charge in [0.15, 0.2) is 0 Å². The van der Waals surface area contributed by atoms with Crippen molar-refractivity contribution in [1.82, 2.24) is 0 Å². The summed E-state index contributed by atoms with van der Waals surface area (Å²) < 4.78 is 16.0. The second kappa shape index (κ2) is 8.91. The van der Waals surface area contributed by atoms with Crippen molar-refractivity contribution in [2.45, 2.75) is 19.4 Å². The summed E-state index contributed by atoms with van der Waals surface area (Å²) in [5.74, 6) is 0. The Morgan fingerprint density at radius 1 is 1.06 bits per heavy atom. The van der Waals surface area contributed by atoms with Crippen LogP contribution in [0.15, 0.2) is 24.3 Å². The Balaban J connectivity index is 2.10. The highest BCUT2D eigenvalue weighted by Gasteiger charge is 2.04. The van der Waals surface area contributed by atoms with Crippen LogP contribution in [0, 0.1) is 0 Å². The van der Waals surface area contributed by atoms with Gasteiger partial charge in [0.1, 0.15) is 0 Å². The fourth-order valence-electron chi connectivity index (χ4n) is 1.55. The molecule has 2 N–H and O–H groups in total. The van der Waals surface area contributed by atoms with E-state index in [9.17, 15) is 0 Å². The molecule has 0 saturated carbocycles. The molecule has 1 unspecified atom stereocenters. The molecule has 4 nitrogen and oxygen atoms in total. The smallest absolute Gasteiger partial charge is 0.0798 e. The number of hydrogen-bond acceptors (Lipinski definition) is 4. The molecule has 0 radical (unpaired) electrons. The molecule has 0 saturated heterocycles. The predicted molar refractivity (Wildman–Crippen MR) is 72.5 cm³/mol. The van der Waals surface area contributed by atoms with E-state index in [1.807, 2.05) is 31.2 Å². The van der Waals surface area contributed by atoms with E-state index in [-0.39, 0.29) is 6.10 Å². The molecule has 0 spiro atoms. The van der Waals surface area contributed by atoms with Gasteiger partial charge < -0.3 is 19.9 Å². The third kappa shape index (κ3) is 6.00. The van der Waals surface area contributed by atoms with Gasteiger partial charge in [0, 0.05) is 26.0 Å². The number of benzene rings is 1. The molecule has 0 aromatic heterocycles. The summed E-state index contributed by atoms with van der Waals surface area (Å²) in [7, 11) is 1.69. The van der Waals surface area contributed by atoms with Gasteiger partial charge >= 0.3 is 0 Å². The van der Waals surface area contributed by atoms with Crippen molar-refractivity contribution in [3.8, 4) is 0 Å². The Morgan fingerprint density at radius 3 is 2.44 bits per heavy atom. The lowest BCUT2D eigenvalue weighted by molar-refractivity contribution is 0.00758. The maximum absolute atomic E-state index is 5.68. The second-order valence-corrected chi connectivity index (χ2v) is 4.14. The van der Waals surface area contributed by atoms with Crippen LogP contribution < -0.4 is 5.73 Å². The van der Waals surface area contributed by atoms with Crippen molar-refractivity contribution < 1.29 is 14.2 Å². The monoisotopic (exact) mass is 253 g/mol. The average molecular weight is 253 g/mol. The third-order valence-corrected chi connectivity index (χ3v) is 2.64. The molecule has 0 aliphatic carbocycles. The molecule has 1 rings (SSSR count). The zero-order chi connectivity index (χ0) is 13.2. The summed E-state index contributed by atoms with van der Waals surface area (Å²) in [6.45, 7) is 4.69. The molecule has 0 heterocycles. The van der Waals surface area contributed by atoms with Crippen LogP contribution in [0.2, 0.25) is 0 Å². The predicted octanol–water partition coefficient (Wildman–Crippen LogP) is 2.40. The minimum absolute atomic E-state index is 0.0631. The molecule has 102 valence electrons. The Kier molecular flexibility index (Phi) is 7.41. The lowest BCUT2D eigenvalue weighted by Gasteiger charge is -2.13.